The Hall–Kier alpha value is -1.18. The van der Waals surface area contributed by atoms with Crippen LogP contribution in [0, 0.1) is 0 Å². The molecule has 0 aliphatic heterocycles. The van der Waals surface area contributed by atoms with Crippen molar-refractivity contribution < 1.29 is 11.0 Å². The Balaban J connectivity index is 0.000001000. The Bertz CT molecular complexity index is 238. The van der Waals surface area contributed by atoms with E-state index in [4.69, 9.17) is 0 Å². The highest BCUT2D eigenvalue weighted by molar-refractivity contribution is 6.17. The lowest BCUT2D eigenvalue weighted by Gasteiger charge is -2.01. The number of rotatable bonds is 1. The second kappa shape index (κ2) is 2.60. The minimum absolute atomic E-state index is 0. The van der Waals surface area contributed by atoms with Crippen molar-refractivity contribution in [3.8, 4) is 0 Å². The lowest BCUT2D eigenvalue weighted by atomic mass is 10.0. The van der Waals surface area contributed by atoms with Gasteiger partial charge in [-0.3, -0.25) is 9.59 Å². The molecule has 0 spiro atoms. The zero-order valence-corrected chi connectivity index (χ0v) is 5.76. The fraction of sp³-hybridized carbons (Fsp3) is 0.250. The molecule has 0 radical (unpaired) electrons. The van der Waals surface area contributed by atoms with Gasteiger partial charge in [0.15, 0.2) is 11.6 Å². The van der Waals surface area contributed by atoms with E-state index >= 15 is 0 Å². The van der Waals surface area contributed by atoms with E-state index in [0.717, 1.165) is 0 Å². The zero-order chi connectivity index (χ0) is 7.56. The smallest absolute Gasteiger partial charge is 0.290 e. The summed E-state index contributed by atoms with van der Waals surface area (Å²) in [6.45, 7) is 1.86. The molecule has 0 unspecified atom stereocenters. The molecule has 1 aliphatic rings. The fourth-order valence-corrected chi connectivity index (χ4v) is 0.832. The largest absolute Gasteiger partial charge is 1.00 e. The Labute approximate surface area is 60.7 Å². The van der Waals surface area contributed by atoms with Gasteiger partial charge in [-0.05, 0) is 24.6 Å². The molecule has 0 fully saturated rings. The van der Waals surface area contributed by atoms with Crippen LogP contribution < -0.4 is 0 Å². The van der Waals surface area contributed by atoms with Crippen LogP contribution in [0.3, 0.4) is 0 Å². The lowest BCUT2D eigenvalue weighted by Crippen LogP contribution is -2.06. The number of carbonyl (C=O) groups is 2. The summed E-state index contributed by atoms with van der Waals surface area (Å²) in [5.74, 6) is -0.126. The average molecular weight is 137 g/mol. The molecule has 1 aliphatic carbocycles. The van der Waals surface area contributed by atoms with E-state index in [1.165, 1.54) is 18.2 Å². The van der Waals surface area contributed by atoms with E-state index in [0.29, 0.717) is 12.0 Å². The summed E-state index contributed by atoms with van der Waals surface area (Å²) in [6.07, 6.45) is 4.64. The third kappa shape index (κ3) is 1.21. The highest BCUT2D eigenvalue weighted by atomic mass is 16.1. The second-order valence-electron chi connectivity index (χ2n) is 2.12. The Morgan fingerprint density at radius 3 is 2.60 bits per heavy atom. The van der Waals surface area contributed by atoms with Crippen molar-refractivity contribution in [2.45, 2.75) is 13.3 Å². The molecule has 2 nitrogen and oxygen atoms in total. The molecule has 0 aromatic rings. The molecule has 10 heavy (non-hydrogen) atoms. The highest BCUT2D eigenvalue weighted by Crippen LogP contribution is 2.07. The van der Waals surface area contributed by atoms with Crippen LogP contribution in [0.4, 0.5) is 0 Å². The van der Waals surface area contributed by atoms with Gasteiger partial charge >= 0.3 is 1.43 Å². The molecule has 2 heteroatoms. The summed E-state index contributed by atoms with van der Waals surface area (Å²) in [4.78, 5) is 21.5. The minimum atomic E-state index is -0.0866. The maximum Gasteiger partial charge on any atom is 1.00 e. The molecule has 0 bridgehead atoms. The normalized spacial score (nSPS) is 17.5. The molecule has 0 aromatic heterocycles. The van der Waals surface area contributed by atoms with Crippen molar-refractivity contribution in [1.29, 1.82) is 0 Å². The van der Waals surface area contributed by atoms with Crippen LogP contribution in [0.25, 0.3) is 0 Å². The average Bonchev–Trinajstić information content (AvgIpc) is 1.94. The zero-order valence-electron chi connectivity index (χ0n) is 6.76. The van der Waals surface area contributed by atoms with Crippen LogP contribution in [0.5, 0.6) is 0 Å². The van der Waals surface area contributed by atoms with Gasteiger partial charge in [0, 0.05) is 5.57 Å². The lowest BCUT2D eigenvalue weighted by molar-refractivity contribution is -0.114. The van der Waals surface area contributed by atoms with E-state index in [9.17, 15) is 9.59 Å². The molecule has 0 amide bonds. The Kier molecular flexibility index (Phi) is 1.81. The van der Waals surface area contributed by atoms with Gasteiger partial charge in [-0.25, -0.2) is 0 Å². The van der Waals surface area contributed by atoms with Gasteiger partial charge in [0.2, 0.25) is 0 Å². The third-order valence-electron chi connectivity index (χ3n) is 1.41. The molecular weight excluding hydrogens is 128 g/mol. The maximum absolute atomic E-state index is 10.9. The molecule has 52 valence electrons. The van der Waals surface area contributed by atoms with Gasteiger partial charge in [-0.15, -0.1) is 0 Å². The van der Waals surface area contributed by atoms with Gasteiger partial charge in [0.1, 0.15) is 0 Å². The van der Waals surface area contributed by atoms with Gasteiger partial charge < -0.3 is 0 Å². The predicted molar refractivity (Wildman–Crippen MR) is 38.6 cm³/mol. The summed E-state index contributed by atoms with van der Waals surface area (Å²) in [5, 5.41) is 0. The number of ketones is 2. The molecule has 0 heterocycles. The van der Waals surface area contributed by atoms with Gasteiger partial charge in [0.05, 0.1) is 0 Å². The molecule has 0 N–H and O–H groups in total. The van der Waals surface area contributed by atoms with Crippen molar-refractivity contribution in [3.05, 3.63) is 23.8 Å². The van der Waals surface area contributed by atoms with Crippen LogP contribution in [0.15, 0.2) is 23.8 Å². The standard InChI is InChI=1S/C8H8O2/c1-2-6-5-7(9)3-4-8(6)10/h3-5H,2H2,1H3/p+1. The summed E-state index contributed by atoms with van der Waals surface area (Å²) in [7, 11) is 0. The quantitative estimate of drug-likeness (QED) is 0.508. The molecule has 0 saturated carbocycles. The first-order chi connectivity index (χ1) is 4.74. The molecule has 0 aromatic carbocycles. The van der Waals surface area contributed by atoms with Gasteiger partial charge in [0.25, 0.3) is 0 Å². The monoisotopic (exact) mass is 137 g/mol. The van der Waals surface area contributed by atoms with Crippen molar-refractivity contribution in [2.75, 3.05) is 0 Å². The number of carbonyl (C=O) groups excluding carboxylic acids is 2. The van der Waals surface area contributed by atoms with Crippen LogP contribution in [-0.4, -0.2) is 11.6 Å². The van der Waals surface area contributed by atoms with E-state index in [-0.39, 0.29) is 13.0 Å². The summed E-state index contributed by atoms with van der Waals surface area (Å²) >= 11 is 0. The summed E-state index contributed by atoms with van der Waals surface area (Å²) < 4.78 is 0. The Morgan fingerprint density at radius 2 is 2.10 bits per heavy atom. The van der Waals surface area contributed by atoms with Crippen LogP contribution in [0.2, 0.25) is 0 Å². The van der Waals surface area contributed by atoms with Crippen molar-refractivity contribution in [2.24, 2.45) is 0 Å². The minimum Gasteiger partial charge on any atom is -0.290 e. The first kappa shape index (κ1) is 6.93. The number of hydrogen-bond donors (Lipinski definition) is 0. The summed E-state index contributed by atoms with van der Waals surface area (Å²) in [5.41, 5.74) is 0.604. The third-order valence-corrected chi connectivity index (χ3v) is 1.41. The van der Waals surface area contributed by atoms with Crippen LogP contribution >= 0.6 is 0 Å². The van der Waals surface area contributed by atoms with Crippen LogP contribution in [-0.2, 0) is 9.59 Å². The first-order valence-electron chi connectivity index (χ1n) is 3.21. The van der Waals surface area contributed by atoms with Gasteiger partial charge in [-0.2, -0.15) is 0 Å². The van der Waals surface area contributed by atoms with Crippen LogP contribution in [0.1, 0.15) is 14.8 Å². The highest BCUT2D eigenvalue weighted by Gasteiger charge is 2.09. The maximum atomic E-state index is 10.9. The van der Waals surface area contributed by atoms with E-state index < -0.39 is 0 Å². The van der Waals surface area contributed by atoms with Crippen molar-refractivity contribution in [1.82, 2.24) is 0 Å². The van der Waals surface area contributed by atoms with Gasteiger partial charge in [-0.1, -0.05) is 6.92 Å². The summed E-state index contributed by atoms with van der Waals surface area (Å²) in [6, 6.07) is 0. The molecule has 1 rings (SSSR count). The first-order valence-corrected chi connectivity index (χ1v) is 3.21. The predicted octanol–water partition coefficient (Wildman–Crippen LogP) is 1.14. The van der Waals surface area contributed by atoms with E-state index in [1.54, 1.807) is 0 Å². The molecule has 0 saturated heterocycles. The topological polar surface area (TPSA) is 34.1 Å². The molecule has 0 atom stereocenters. The van der Waals surface area contributed by atoms with E-state index in [2.05, 4.69) is 0 Å². The SMILES string of the molecule is CCC1=CC(=O)C=CC1=O.[H+]. The molecular formula is C8H9O2+. The van der Waals surface area contributed by atoms with E-state index in [1.807, 2.05) is 6.92 Å². The second-order valence-corrected chi connectivity index (χ2v) is 2.12. The Morgan fingerprint density at radius 1 is 1.40 bits per heavy atom. The van der Waals surface area contributed by atoms with Crippen molar-refractivity contribution in [3.63, 3.8) is 0 Å². The number of allylic oxidation sites excluding steroid dienone is 4. The van der Waals surface area contributed by atoms with Crippen molar-refractivity contribution >= 4 is 11.6 Å². The fourth-order valence-electron chi connectivity index (χ4n) is 0.832. The number of hydrogen-bond acceptors (Lipinski definition) is 2.